The molecule has 0 radical (unpaired) electrons. The van der Waals surface area contributed by atoms with E-state index in [0.29, 0.717) is 24.2 Å². The molecule has 0 bridgehead atoms. The van der Waals surface area contributed by atoms with Gasteiger partial charge in [-0.05, 0) is 44.7 Å². The SMILES string of the molecule is COC1(C(F)(F)F)C(=O)N(c2cccc(C)n2)C2=C1CCCC2. The number of rotatable bonds is 2. The number of carbonyl (C=O) groups is 1. The second-order valence-corrected chi connectivity index (χ2v) is 5.79. The van der Waals surface area contributed by atoms with Crippen molar-refractivity contribution in [1.29, 1.82) is 0 Å². The Bertz CT molecular complexity index is 684. The molecule has 2 heterocycles. The van der Waals surface area contributed by atoms with E-state index in [1.165, 1.54) is 0 Å². The molecule has 1 amide bonds. The summed E-state index contributed by atoms with van der Waals surface area (Å²) in [6, 6.07) is 4.95. The van der Waals surface area contributed by atoms with Crippen molar-refractivity contribution < 1.29 is 22.7 Å². The Kier molecular flexibility index (Phi) is 3.71. The number of ether oxygens (including phenoxy) is 1. The minimum Gasteiger partial charge on any atom is -0.356 e. The predicted octanol–water partition coefficient (Wildman–Crippen LogP) is 3.51. The van der Waals surface area contributed by atoms with Crippen LogP contribution < -0.4 is 4.90 Å². The summed E-state index contributed by atoms with van der Waals surface area (Å²) >= 11 is 0. The zero-order valence-electron chi connectivity index (χ0n) is 12.9. The van der Waals surface area contributed by atoms with Crippen molar-refractivity contribution in [3.05, 3.63) is 35.2 Å². The molecule has 1 unspecified atom stereocenters. The van der Waals surface area contributed by atoms with E-state index in [1.54, 1.807) is 25.1 Å². The van der Waals surface area contributed by atoms with Gasteiger partial charge < -0.3 is 4.74 Å². The lowest BCUT2D eigenvalue weighted by atomic mass is 9.85. The molecule has 1 aromatic heterocycles. The molecule has 0 saturated carbocycles. The van der Waals surface area contributed by atoms with Crippen LogP contribution in [-0.4, -0.2) is 29.8 Å². The average molecular weight is 326 g/mol. The summed E-state index contributed by atoms with van der Waals surface area (Å²) in [5, 5.41) is 0. The van der Waals surface area contributed by atoms with Crippen molar-refractivity contribution >= 4 is 11.7 Å². The maximum absolute atomic E-state index is 13.8. The fourth-order valence-electron chi connectivity index (χ4n) is 3.44. The molecule has 124 valence electrons. The van der Waals surface area contributed by atoms with Crippen molar-refractivity contribution in [2.24, 2.45) is 0 Å². The summed E-state index contributed by atoms with van der Waals surface area (Å²) in [7, 11) is 0.942. The smallest absolute Gasteiger partial charge is 0.356 e. The molecule has 0 spiro atoms. The van der Waals surface area contributed by atoms with Crippen molar-refractivity contribution in [1.82, 2.24) is 4.98 Å². The van der Waals surface area contributed by atoms with E-state index >= 15 is 0 Å². The highest BCUT2D eigenvalue weighted by molar-refractivity contribution is 6.08. The predicted molar refractivity (Wildman–Crippen MR) is 77.7 cm³/mol. The molecular formula is C16H17F3N2O2. The number of hydrogen-bond acceptors (Lipinski definition) is 3. The van der Waals surface area contributed by atoms with Crippen LogP contribution in [0.2, 0.25) is 0 Å². The van der Waals surface area contributed by atoms with E-state index in [-0.39, 0.29) is 17.8 Å². The van der Waals surface area contributed by atoms with Gasteiger partial charge in [-0.3, -0.25) is 9.69 Å². The fourth-order valence-corrected chi connectivity index (χ4v) is 3.44. The van der Waals surface area contributed by atoms with Crippen LogP contribution in [0.25, 0.3) is 0 Å². The average Bonchev–Trinajstić information content (AvgIpc) is 2.75. The van der Waals surface area contributed by atoms with Gasteiger partial charge in [0.15, 0.2) is 0 Å². The summed E-state index contributed by atoms with van der Waals surface area (Å²) in [5.41, 5.74) is -1.82. The number of carbonyl (C=O) groups excluding carboxylic acids is 1. The van der Waals surface area contributed by atoms with Gasteiger partial charge >= 0.3 is 6.18 Å². The summed E-state index contributed by atoms with van der Waals surface area (Å²) in [5.74, 6) is -0.898. The first-order valence-electron chi connectivity index (χ1n) is 7.45. The number of alkyl halides is 3. The third-order valence-corrected chi connectivity index (χ3v) is 4.45. The maximum atomic E-state index is 13.8. The Morgan fingerprint density at radius 1 is 1.26 bits per heavy atom. The minimum absolute atomic E-state index is 0.0343. The van der Waals surface area contributed by atoms with Gasteiger partial charge in [0.2, 0.25) is 0 Å². The molecule has 4 nitrogen and oxygen atoms in total. The quantitative estimate of drug-likeness (QED) is 0.835. The van der Waals surface area contributed by atoms with E-state index in [0.717, 1.165) is 18.4 Å². The molecule has 2 aliphatic rings. The Morgan fingerprint density at radius 2 is 1.96 bits per heavy atom. The summed E-state index contributed by atoms with van der Waals surface area (Å²) < 4.78 is 46.2. The van der Waals surface area contributed by atoms with Gasteiger partial charge in [-0.2, -0.15) is 13.2 Å². The van der Waals surface area contributed by atoms with E-state index in [2.05, 4.69) is 4.98 Å². The molecule has 1 aliphatic carbocycles. The van der Waals surface area contributed by atoms with Gasteiger partial charge in [0.05, 0.1) is 0 Å². The number of anilines is 1. The number of halogens is 3. The second kappa shape index (κ2) is 5.33. The molecule has 23 heavy (non-hydrogen) atoms. The number of amides is 1. The van der Waals surface area contributed by atoms with Crippen LogP contribution in [0.4, 0.5) is 19.0 Å². The van der Waals surface area contributed by atoms with Crippen LogP contribution in [-0.2, 0) is 9.53 Å². The van der Waals surface area contributed by atoms with Crippen molar-refractivity contribution in [3.8, 4) is 0 Å². The van der Waals surface area contributed by atoms with Gasteiger partial charge in [-0.1, -0.05) is 6.07 Å². The van der Waals surface area contributed by atoms with Crippen molar-refractivity contribution in [3.63, 3.8) is 0 Å². The van der Waals surface area contributed by atoms with E-state index in [9.17, 15) is 18.0 Å². The Balaban J connectivity index is 2.20. The van der Waals surface area contributed by atoms with E-state index in [4.69, 9.17) is 4.74 Å². The summed E-state index contributed by atoms with van der Waals surface area (Å²) in [4.78, 5) is 18.1. The molecule has 1 atom stereocenters. The molecule has 0 aromatic carbocycles. The summed E-state index contributed by atoms with van der Waals surface area (Å²) in [6.07, 6.45) is -2.83. The van der Waals surface area contributed by atoms with Crippen molar-refractivity contribution in [2.75, 3.05) is 12.0 Å². The zero-order chi connectivity index (χ0) is 16.8. The largest absolute Gasteiger partial charge is 0.430 e. The standard InChI is InChI=1S/C16H17F3N2O2/c1-10-6-5-9-13(20-10)21-12-8-4-3-7-11(12)15(23-2,14(21)22)16(17,18)19/h5-6,9H,3-4,7-8H2,1-2H3. The highest BCUT2D eigenvalue weighted by atomic mass is 19.4. The second-order valence-electron chi connectivity index (χ2n) is 5.79. The maximum Gasteiger partial charge on any atom is 0.430 e. The zero-order valence-corrected chi connectivity index (χ0v) is 12.9. The fraction of sp³-hybridized carbons (Fsp3) is 0.500. The number of methoxy groups -OCH3 is 1. The topological polar surface area (TPSA) is 42.4 Å². The van der Waals surface area contributed by atoms with E-state index in [1.807, 2.05) is 0 Å². The van der Waals surface area contributed by atoms with Crippen LogP contribution in [0.5, 0.6) is 0 Å². The van der Waals surface area contributed by atoms with Crippen LogP contribution in [0.3, 0.4) is 0 Å². The van der Waals surface area contributed by atoms with Gasteiger partial charge in [0.1, 0.15) is 5.82 Å². The summed E-state index contributed by atoms with van der Waals surface area (Å²) in [6.45, 7) is 1.73. The first-order chi connectivity index (χ1) is 10.8. The first-order valence-corrected chi connectivity index (χ1v) is 7.45. The minimum atomic E-state index is -4.81. The van der Waals surface area contributed by atoms with E-state index < -0.39 is 17.7 Å². The molecule has 7 heteroatoms. The Labute approximate surface area is 131 Å². The molecular weight excluding hydrogens is 309 g/mol. The molecule has 0 saturated heterocycles. The Morgan fingerprint density at radius 3 is 2.57 bits per heavy atom. The van der Waals surface area contributed by atoms with Crippen LogP contribution in [0.1, 0.15) is 31.4 Å². The number of aromatic nitrogens is 1. The van der Waals surface area contributed by atoms with Gasteiger partial charge in [-0.15, -0.1) is 0 Å². The van der Waals surface area contributed by atoms with Crippen LogP contribution in [0.15, 0.2) is 29.5 Å². The molecule has 1 aromatic rings. The molecule has 1 aliphatic heterocycles. The monoisotopic (exact) mass is 326 g/mol. The highest BCUT2D eigenvalue weighted by Crippen LogP contribution is 2.51. The number of allylic oxidation sites excluding steroid dienone is 1. The highest BCUT2D eigenvalue weighted by Gasteiger charge is 2.69. The van der Waals surface area contributed by atoms with Crippen LogP contribution in [0, 0.1) is 6.92 Å². The number of hydrogen-bond donors (Lipinski definition) is 0. The lowest BCUT2D eigenvalue weighted by Crippen LogP contribution is -2.55. The van der Waals surface area contributed by atoms with Crippen LogP contribution >= 0.6 is 0 Å². The molecule has 3 rings (SSSR count). The third-order valence-electron chi connectivity index (χ3n) is 4.45. The lowest BCUT2D eigenvalue weighted by Gasteiger charge is -2.31. The third kappa shape index (κ3) is 2.17. The van der Waals surface area contributed by atoms with Gasteiger partial charge in [0, 0.05) is 24.1 Å². The molecule has 0 N–H and O–H groups in total. The number of pyridine rings is 1. The number of aryl methyl sites for hydroxylation is 1. The Hall–Kier alpha value is -1.89. The normalized spacial score (nSPS) is 25.1. The number of nitrogens with zero attached hydrogens (tertiary/aromatic N) is 2. The van der Waals surface area contributed by atoms with Gasteiger partial charge in [-0.25, -0.2) is 4.98 Å². The van der Waals surface area contributed by atoms with Crippen molar-refractivity contribution in [2.45, 2.75) is 44.4 Å². The van der Waals surface area contributed by atoms with Gasteiger partial charge in [0.25, 0.3) is 11.5 Å². The molecule has 0 fully saturated rings. The first kappa shape index (κ1) is 16.0. The lowest BCUT2D eigenvalue weighted by molar-refractivity contribution is -0.243.